The van der Waals surface area contributed by atoms with Gasteiger partial charge in [0.1, 0.15) is 5.75 Å². The zero-order chi connectivity index (χ0) is 14.6. The lowest BCUT2D eigenvalue weighted by atomic mass is 10.1. The van der Waals surface area contributed by atoms with E-state index in [1.54, 1.807) is 7.11 Å². The number of unbranched alkanes of at least 4 members (excludes halogenated alkanes) is 2. The van der Waals surface area contributed by atoms with E-state index in [4.69, 9.17) is 4.74 Å². The fourth-order valence-corrected chi connectivity index (χ4v) is 2.31. The first kappa shape index (κ1) is 17.0. The fourth-order valence-electron chi connectivity index (χ4n) is 2.31. The quantitative estimate of drug-likeness (QED) is 0.629. The average molecular weight is 278 g/mol. The van der Waals surface area contributed by atoms with E-state index in [1.165, 1.54) is 31.2 Å². The Morgan fingerprint density at radius 1 is 1.10 bits per heavy atom. The molecule has 0 saturated heterocycles. The molecule has 0 heterocycles. The van der Waals surface area contributed by atoms with Crippen LogP contribution in [0.5, 0.6) is 5.75 Å². The number of rotatable bonds is 11. The minimum Gasteiger partial charge on any atom is -0.496 e. The molecule has 0 bridgehead atoms. The summed E-state index contributed by atoms with van der Waals surface area (Å²) in [6.07, 6.45) is 5.07. The minimum atomic E-state index is 0.956. The maximum Gasteiger partial charge on any atom is 0.123 e. The van der Waals surface area contributed by atoms with Gasteiger partial charge in [0.15, 0.2) is 0 Å². The van der Waals surface area contributed by atoms with Crippen molar-refractivity contribution in [1.29, 1.82) is 0 Å². The van der Waals surface area contributed by atoms with Crippen LogP contribution in [0.3, 0.4) is 0 Å². The van der Waals surface area contributed by atoms with Crippen LogP contribution in [-0.2, 0) is 6.54 Å². The van der Waals surface area contributed by atoms with Gasteiger partial charge >= 0.3 is 0 Å². The van der Waals surface area contributed by atoms with Gasteiger partial charge in [0, 0.05) is 12.1 Å². The summed E-state index contributed by atoms with van der Waals surface area (Å²) in [5.41, 5.74) is 1.27. The van der Waals surface area contributed by atoms with E-state index in [0.717, 1.165) is 31.9 Å². The molecule has 0 spiro atoms. The van der Waals surface area contributed by atoms with Crippen LogP contribution in [0, 0.1) is 0 Å². The summed E-state index contributed by atoms with van der Waals surface area (Å²) < 4.78 is 5.39. The van der Waals surface area contributed by atoms with Crippen LogP contribution in [0.2, 0.25) is 0 Å². The van der Waals surface area contributed by atoms with Gasteiger partial charge in [-0.2, -0.15) is 0 Å². The predicted molar refractivity (Wildman–Crippen MR) is 86.3 cm³/mol. The summed E-state index contributed by atoms with van der Waals surface area (Å²) in [4.78, 5) is 2.37. The largest absolute Gasteiger partial charge is 0.496 e. The van der Waals surface area contributed by atoms with E-state index in [2.05, 4.69) is 36.3 Å². The number of nitrogens with zero attached hydrogens (tertiary/aromatic N) is 1. The Hall–Kier alpha value is -1.06. The van der Waals surface area contributed by atoms with Crippen LogP contribution < -0.4 is 10.1 Å². The lowest BCUT2D eigenvalue weighted by molar-refractivity contribution is 0.309. The molecule has 0 aromatic heterocycles. The summed E-state index contributed by atoms with van der Waals surface area (Å²) in [5, 5.41) is 3.45. The standard InChI is InChI=1S/C17H30N2O/c1-4-12-18-13-8-5-9-14-19(2)15-16-10-6-7-11-17(16)20-3/h6-7,10-11,18H,4-5,8-9,12-15H2,1-3H3. The Morgan fingerprint density at radius 2 is 1.90 bits per heavy atom. The summed E-state index contributed by atoms with van der Waals surface area (Å²) in [6, 6.07) is 8.27. The molecular formula is C17H30N2O. The van der Waals surface area contributed by atoms with E-state index < -0.39 is 0 Å². The van der Waals surface area contributed by atoms with Crippen LogP contribution in [0.15, 0.2) is 24.3 Å². The zero-order valence-corrected chi connectivity index (χ0v) is 13.3. The Kier molecular flexibility index (Phi) is 9.09. The van der Waals surface area contributed by atoms with Crippen LogP contribution in [-0.4, -0.2) is 38.7 Å². The van der Waals surface area contributed by atoms with E-state index >= 15 is 0 Å². The van der Waals surface area contributed by atoms with Crippen molar-refractivity contribution in [2.75, 3.05) is 33.8 Å². The lowest BCUT2D eigenvalue weighted by Crippen LogP contribution is -2.20. The van der Waals surface area contributed by atoms with Gasteiger partial charge in [0.25, 0.3) is 0 Å². The van der Waals surface area contributed by atoms with Crippen molar-refractivity contribution < 1.29 is 4.74 Å². The molecule has 1 rings (SSSR count). The third-order valence-corrected chi connectivity index (χ3v) is 3.45. The van der Waals surface area contributed by atoms with Gasteiger partial charge in [-0.05, 0) is 52.0 Å². The van der Waals surface area contributed by atoms with E-state index in [0.29, 0.717) is 0 Å². The van der Waals surface area contributed by atoms with E-state index in [9.17, 15) is 0 Å². The second-order valence-electron chi connectivity index (χ2n) is 5.36. The molecule has 0 unspecified atom stereocenters. The van der Waals surface area contributed by atoms with Crippen molar-refractivity contribution >= 4 is 0 Å². The predicted octanol–water partition coefficient (Wildman–Crippen LogP) is 3.30. The van der Waals surface area contributed by atoms with Crippen molar-refractivity contribution in [2.24, 2.45) is 0 Å². The first-order chi connectivity index (χ1) is 9.77. The van der Waals surface area contributed by atoms with Gasteiger partial charge in [-0.25, -0.2) is 0 Å². The molecule has 0 atom stereocenters. The van der Waals surface area contributed by atoms with Crippen molar-refractivity contribution in [3.8, 4) is 5.75 Å². The number of benzene rings is 1. The molecule has 0 fully saturated rings. The Labute approximate surface area is 124 Å². The summed E-state index contributed by atoms with van der Waals surface area (Å²) in [7, 11) is 3.92. The van der Waals surface area contributed by atoms with Gasteiger partial charge in [0.05, 0.1) is 7.11 Å². The Bertz CT molecular complexity index is 355. The smallest absolute Gasteiger partial charge is 0.123 e. The molecule has 1 aromatic rings. The number of nitrogens with one attached hydrogen (secondary N) is 1. The molecule has 1 aromatic carbocycles. The molecule has 0 aliphatic carbocycles. The van der Waals surface area contributed by atoms with Gasteiger partial charge in [-0.3, -0.25) is 0 Å². The molecule has 0 aliphatic heterocycles. The highest BCUT2D eigenvalue weighted by atomic mass is 16.5. The maximum absolute atomic E-state index is 5.39. The fraction of sp³-hybridized carbons (Fsp3) is 0.647. The van der Waals surface area contributed by atoms with Crippen molar-refractivity contribution in [2.45, 2.75) is 39.2 Å². The molecule has 0 amide bonds. The van der Waals surface area contributed by atoms with Crippen LogP contribution in [0.4, 0.5) is 0 Å². The first-order valence-electron chi connectivity index (χ1n) is 7.79. The third kappa shape index (κ3) is 6.92. The third-order valence-electron chi connectivity index (χ3n) is 3.45. The first-order valence-corrected chi connectivity index (χ1v) is 7.79. The monoisotopic (exact) mass is 278 g/mol. The SMILES string of the molecule is CCCNCCCCCN(C)Cc1ccccc1OC. The van der Waals surface area contributed by atoms with Crippen molar-refractivity contribution in [3.05, 3.63) is 29.8 Å². The molecule has 0 saturated carbocycles. The number of hydrogen-bond donors (Lipinski definition) is 1. The number of methoxy groups -OCH3 is 1. The number of para-hydroxylation sites is 1. The molecule has 3 nitrogen and oxygen atoms in total. The topological polar surface area (TPSA) is 24.5 Å². The molecule has 0 radical (unpaired) electrons. The highest BCUT2D eigenvalue weighted by Crippen LogP contribution is 2.18. The lowest BCUT2D eigenvalue weighted by Gasteiger charge is -2.18. The van der Waals surface area contributed by atoms with Gasteiger partial charge in [-0.1, -0.05) is 31.5 Å². The van der Waals surface area contributed by atoms with Crippen molar-refractivity contribution in [3.63, 3.8) is 0 Å². The summed E-state index contributed by atoms with van der Waals surface area (Å²) >= 11 is 0. The minimum absolute atomic E-state index is 0.956. The molecule has 0 aliphatic rings. The zero-order valence-electron chi connectivity index (χ0n) is 13.3. The molecule has 20 heavy (non-hydrogen) atoms. The molecule has 114 valence electrons. The highest BCUT2D eigenvalue weighted by Gasteiger charge is 2.05. The molecule has 1 N–H and O–H groups in total. The second-order valence-corrected chi connectivity index (χ2v) is 5.36. The normalized spacial score (nSPS) is 11.0. The number of ether oxygens (including phenoxy) is 1. The Morgan fingerprint density at radius 3 is 2.65 bits per heavy atom. The van der Waals surface area contributed by atoms with Crippen LogP contribution in [0.1, 0.15) is 38.2 Å². The van der Waals surface area contributed by atoms with E-state index in [-0.39, 0.29) is 0 Å². The molecule has 3 heteroatoms. The van der Waals surface area contributed by atoms with Crippen molar-refractivity contribution in [1.82, 2.24) is 10.2 Å². The average Bonchev–Trinajstić information content (AvgIpc) is 2.47. The van der Waals surface area contributed by atoms with Crippen LogP contribution >= 0.6 is 0 Å². The molecular weight excluding hydrogens is 248 g/mol. The van der Waals surface area contributed by atoms with E-state index in [1.807, 2.05) is 12.1 Å². The Balaban J connectivity index is 2.15. The number of hydrogen-bond acceptors (Lipinski definition) is 3. The summed E-state index contributed by atoms with van der Waals surface area (Å²) in [5.74, 6) is 0.989. The van der Waals surface area contributed by atoms with Gasteiger partial charge in [0.2, 0.25) is 0 Å². The van der Waals surface area contributed by atoms with Gasteiger partial charge in [-0.15, -0.1) is 0 Å². The highest BCUT2D eigenvalue weighted by molar-refractivity contribution is 5.32. The van der Waals surface area contributed by atoms with Gasteiger partial charge < -0.3 is 15.0 Å². The van der Waals surface area contributed by atoms with Crippen LogP contribution in [0.25, 0.3) is 0 Å². The summed E-state index contributed by atoms with van der Waals surface area (Å²) in [6.45, 7) is 6.61. The second kappa shape index (κ2) is 10.7. The maximum atomic E-state index is 5.39.